The van der Waals surface area contributed by atoms with Crippen LogP contribution in [-0.4, -0.2) is 104 Å². The summed E-state index contributed by atoms with van der Waals surface area (Å²) in [6, 6.07) is 10.2. The van der Waals surface area contributed by atoms with Crippen LogP contribution >= 0.6 is 0 Å². The Morgan fingerprint density at radius 1 is 0.554 bits per heavy atom. The van der Waals surface area contributed by atoms with Crippen molar-refractivity contribution >= 4 is 41.5 Å². The minimum atomic E-state index is -1.85. The van der Waals surface area contributed by atoms with Gasteiger partial charge in [0.05, 0.1) is 12.5 Å². The quantitative estimate of drug-likeness (QED) is 0.0340. The van der Waals surface area contributed by atoms with E-state index >= 15 is 0 Å². The molecular weight excluding hydrogens is 732 g/mol. The van der Waals surface area contributed by atoms with Gasteiger partial charge in [0.25, 0.3) is 0 Å². The summed E-state index contributed by atoms with van der Waals surface area (Å²) >= 11 is 0. The summed E-state index contributed by atoms with van der Waals surface area (Å²) in [5.41, 5.74) is 18.6. The largest absolute Gasteiger partial charge is 0.508 e. The normalized spacial score (nSPS) is 13.4. The summed E-state index contributed by atoms with van der Waals surface area (Å²) < 4.78 is 0. The first kappa shape index (κ1) is 43.5. The maximum atomic E-state index is 14.0. The van der Waals surface area contributed by atoms with E-state index in [1.807, 2.05) is 0 Å². The van der Waals surface area contributed by atoms with Crippen LogP contribution in [0, 0.1) is 0 Å². The molecule has 3 aromatic rings. The molecule has 0 aliphatic rings. The summed E-state index contributed by atoms with van der Waals surface area (Å²) in [5, 5.41) is 57.6. The van der Waals surface area contributed by atoms with Gasteiger partial charge < -0.3 is 64.0 Å². The molecule has 0 fully saturated rings. The average Bonchev–Trinajstić information content (AvgIpc) is 3.14. The predicted octanol–water partition coefficient (Wildman–Crippen LogP) is -1.29. The number of nitrogens with one attached hydrogen (secondary N) is 4. The van der Waals surface area contributed by atoms with E-state index in [1.54, 1.807) is 12.1 Å². The molecule has 15 N–H and O–H groups in total. The Bertz CT molecular complexity index is 1850. The Labute approximate surface area is 321 Å². The smallest absolute Gasteiger partial charge is 0.326 e. The minimum Gasteiger partial charge on any atom is -0.508 e. The van der Waals surface area contributed by atoms with Gasteiger partial charge in [-0.05, 0) is 72.4 Å². The molecule has 0 aromatic heterocycles. The number of nitrogens with two attached hydrogens (primary N) is 3. The third kappa shape index (κ3) is 14.9. The van der Waals surface area contributed by atoms with Crippen molar-refractivity contribution in [1.29, 1.82) is 0 Å². The van der Waals surface area contributed by atoms with Gasteiger partial charge in [-0.3, -0.25) is 29.0 Å². The second-order valence-corrected chi connectivity index (χ2v) is 12.8. The van der Waals surface area contributed by atoms with Crippen LogP contribution in [0.25, 0.3) is 0 Å². The zero-order valence-electron chi connectivity index (χ0n) is 30.1. The van der Waals surface area contributed by atoms with Crippen LogP contribution in [0.3, 0.4) is 0 Å². The van der Waals surface area contributed by atoms with Gasteiger partial charge in [-0.1, -0.05) is 36.4 Å². The van der Waals surface area contributed by atoms with Crippen LogP contribution in [0.1, 0.15) is 36.0 Å². The number of hydrogen-bond acceptors (Lipinski definition) is 11. The molecule has 0 saturated heterocycles. The highest BCUT2D eigenvalue weighted by molar-refractivity contribution is 5.96. The van der Waals surface area contributed by atoms with Crippen molar-refractivity contribution in [1.82, 2.24) is 21.3 Å². The third-order valence-electron chi connectivity index (χ3n) is 8.32. The molecule has 3 rings (SSSR count). The monoisotopic (exact) mass is 778 g/mol. The Morgan fingerprint density at radius 3 is 1.34 bits per heavy atom. The van der Waals surface area contributed by atoms with E-state index in [0.29, 0.717) is 16.7 Å². The first-order valence-electron chi connectivity index (χ1n) is 17.3. The highest BCUT2D eigenvalue weighted by Gasteiger charge is 2.32. The first-order valence-corrected chi connectivity index (χ1v) is 17.3. The molecule has 0 unspecified atom stereocenters. The molecule has 19 nitrogen and oxygen atoms in total. The van der Waals surface area contributed by atoms with E-state index in [1.165, 1.54) is 60.7 Å². The van der Waals surface area contributed by atoms with Gasteiger partial charge in [0.2, 0.25) is 23.6 Å². The van der Waals surface area contributed by atoms with Crippen LogP contribution in [0.2, 0.25) is 0 Å². The van der Waals surface area contributed by atoms with E-state index in [-0.39, 0.29) is 61.9 Å². The van der Waals surface area contributed by atoms with Crippen LogP contribution in [-0.2, 0) is 48.0 Å². The number of aliphatic imine (C=N–C) groups is 1. The summed E-state index contributed by atoms with van der Waals surface area (Å²) in [6.45, 7) is 0.0364. The lowest BCUT2D eigenvalue weighted by molar-refractivity contribution is -0.147. The fourth-order valence-electron chi connectivity index (χ4n) is 5.38. The van der Waals surface area contributed by atoms with Gasteiger partial charge in [-0.2, -0.15) is 0 Å². The van der Waals surface area contributed by atoms with Crippen molar-refractivity contribution in [2.75, 3.05) is 6.54 Å². The van der Waals surface area contributed by atoms with Crippen LogP contribution in [0.5, 0.6) is 17.2 Å². The molecule has 0 spiro atoms. The Morgan fingerprint density at radius 2 is 0.929 bits per heavy atom. The molecule has 0 saturated carbocycles. The lowest BCUT2D eigenvalue weighted by atomic mass is 10.0. The van der Waals surface area contributed by atoms with E-state index in [0.717, 1.165) is 0 Å². The van der Waals surface area contributed by atoms with Gasteiger partial charge in [-0.15, -0.1) is 0 Å². The number of guanidine groups is 1. The maximum absolute atomic E-state index is 14.0. The molecule has 0 bridgehead atoms. The van der Waals surface area contributed by atoms with Crippen molar-refractivity contribution < 1.29 is 54.3 Å². The average molecular weight is 779 g/mol. The Balaban J connectivity index is 1.91. The zero-order chi connectivity index (χ0) is 41.4. The number of carboxylic acid groups (broad SMARTS) is 2. The number of benzene rings is 3. The lowest BCUT2D eigenvalue weighted by Gasteiger charge is -2.26. The van der Waals surface area contributed by atoms with Crippen molar-refractivity contribution in [3.8, 4) is 17.2 Å². The molecule has 0 heterocycles. The standard InChI is InChI=1S/C37H46N8O11/c38-26(16-20-3-9-23(46)10-4-20)32(51)43-28(17-21-5-11-24(47)12-6-21)34(53)42-27(2-1-15-41-37(39)40)33(52)44-29(18-22-7-13-25(48)14-8-22)35(54)45-30(36(55)56)19-31(49)50/h3-14,26-30,46-48H,1-2,15-19,38H2,(H,42,53)(H,43,51)(H,44,52)(H,45,54)(H,49,50)(H,55,56)(H4,39,40,41)/t26-,27-,28-,29-,30-/m0/s1. The lowest BCUT2D eigenvalue weighted by Crippen LogP contribution is -2.59. The second-order valence-electron chi connectivity index (χ2n) is 12.8. The third-order valence-corrected chi connectivity index (χ3v) is 8.32. The molecule has 3 aromatic carbocycles. The molecular formula is C37H46N8O11. The molecule has 0 radical (unpaired) electrons. The topological polar surface area (TPSA) is 342 Å². The second kappa shape index (κ2) is 21.1. The summed E-state index contributed by atoms with van der Waals surface area (Å²) in [6.07, 6.45) is -1.23. The van der Waals surface area contributed by atoms with Gasteiger partial charge in [0.15, 0.2) is 5.96 Å². The van der Waals surface area contributed by atoms with Crippen molar-refractivity contribution in [2.45, 2.75) is 68.7 Å². The molecule has 19 heteroatoms. The minimum absolute atomic E-state index is 0.0178. The summed E-state index contributed by atoms with van der Waals surface area (Å²) in [5.74, 6) is -7.00. The molecule has 56 heavy (non-hydrogen) atoms. The molecule has 0 aliphatic carbocycles. The van der Waals surface area contributed by atoms with Crippen molar-refractivity contribution in [2.24, 2.45) is 22.2 Å². The maximum Gasteiger partial charge on any atom is 0.326 e. The summed E-state index contributed by atoms with van der Waals surface area (Å²) in [4.78, 5) is 81.6. The number of amides is 4. The highest BCUT2D eigenvalue weighted by Crippen LogP contribution is 2.15. The molecule has 0 aliphatic heterocycles. The number of hydrogen-bond donors (Lipinski definition) is 12. The van der Waals surface area contributed by atoms with Gasteiger partial charge in [0, 0.05) is 19.4 Å². The van der Waals surface area contributed by atoms with Crippen molar-refractivity contribution in [3.05, 3.63) is 89.5 Å². The van der Waals surface area contributed by atoms with Crippen LogP contribution < -0.4 is 38.5 Å². The summed E-state index contributed by atoms with van der Waals surface area (Å²) in [7, 11) is 0. The van der Waals surface area contributed by atoms with Crippen molar-refractivity contribution in [3.63, 3.8) is 0 Å². The number of carbonyl (C=O) groups excluding carboxylic acids is 4. The Kier molecular flexibility index (Phi) is 16.4. The number of phenolic OH excluding ortho intramolecular Hbond substituents is 3. The van der Waals surface area contributed by atoms with E-state index < -0.39 is 72.2 Å². The van der Waals surface area contributed by atoms with Gasteiger partial charge in [0.1, 0.15) is 41.4 Å². The number of carbonyl (C=O) groups is 6. The first-order chi connectivity index (χ1) is 26.5. The number of aliphatic carboxylic acids is 2. The zero-order valence-corrected chi connectivity index (χ0v) is 30.1. The van der Waals surface area contributed by atoms with Crippen LogP contribution in [0.15, 0.2) is 77.8 Å². The number of nitrogens with zero attached hydrogens (tertiary/aromatic N) is 1. The molecule has 4 amide bonds. The highest BCUT2D eigenvalue weighted by atomic mass is 16.4. The van der Waals surface area contributed by atoms with Gasteiger partial charge >= 0.3 is 11.9 Å². The van der Waals surface area contributed by atoms with E-state index in [4.69, 9.17) is 22.3 Å². The number of rotatable bonds is 21. The number of aromatic hydroxyl groups is 3. The van der Waals surface area contributed by atoms with E-state index in [9.17, 15) is 49.2 Å². The number of carboxylic acids is 2. The van der Waals surface area contributed by atoms with Crippen LogP contribution in [0.4, 0.5) is 0 Å². The number of phenols is 3. The molecule has 300 valence electrons. The van der Waals surface area contributed by atoms with E-state index in [2.05, 4.69) is 26.3 Å². The SMILES string of the molecule is NC(N)=NCCC[C@H](NC(=O)[C@H](Cc1ccc(O)cc1)NC(=O)[C@@H](N)Cc1ccc(O)cc1)C(=O)N[C@@H](Cc1ccc(O)cc1)C(=O)N[C@@H](CC(=O)O)C(=O)O. The fourth-order valence-corrected chi connectivity index (χ4v) is 5.38. The molecule has 5 atom stereocenters. The predicted molar refractivity (Wildman–Crippen MR) is 201 cm³/mol. The van der Waals surface area contributed by atoms with Gasteiger partial charge in [-0.25, -0.2) is 4.79 Å². The Hall–Kier alpha value is -6.89. The fraction of sp³-hybridized carbons (Fsp3) is 0.324.